The highest BCUT2D eigenvalue weighted by molar-refractivity contribution is 5.74. The molecule has 3 N–H and O–H groups in total. The van der Waals surface area contributed by atoms with Crippen LogP contribution in [-0.2, 0) is 6.42 Å². The predicted octanol–water partition coefficient (Wildman–Crippen LogP) is 2.51. The number of phenolic OH excluding ortho intramolecular Hbond substituents is 1. The van der Waals surface area contributed by atoms with Crippen molar-refractivity contribution < 1.29 is 29.6 Å². The molecule has 0 unspecified atom stereocenters. The molecule has 0 radical (unpaired) electrons. The van der Waals surface area contributed by atoms with E-state index in [0.29, 0.717) is 17.4 Å². The molecule has 2 aromatic rings. The summed E-state index contributed by atoms with van der Waals surface area (Å²) in [5.74, 6) is -4.17. The Bertz CT molecular complexity index is 964. The summed E-state index contributed by atoms with van der Waals surface area (Å²) >= 11 is 0. The second-order valence-corrected chi connectivity index (χ2v) is 5.25. The summed E-state index contributed by atoms with van der Waals surface area (Å²) in [4.78, 5) is 19.7. The zero-order valence-electron chi connectivity index (χ0n) is 12.3. The zero-order valence-corrected chi connectivity index (χ0v) is 12.3. The minimum Gasteiger partial charge on any atom is -0.497 e. The molecule has 0 atom stereocenters. The quantitative estimate of drug-likeness (QED) is 0.567. The van der Waals surface area contributed by atoms with Crippen LogP contribution in [0.4, 0.5) is 15.8 Å². The summed E-state index contributed by atoms with van der Waals surface area (Å²) in [5.41, 5.74) is -3.15. The number of allylic oxidation sites excluding steroid dienone is 1. The highest BCUT2D eigenvalue weighted by atomic mass is 19.1. The second kappa shape index (κ2) is 5.47. The van der Waals surface area contributed by atoms with Gasteiger partial charge in [-0.15, -0.1) is 0 Å². The van der Waals surface area contributed by atoms with Crippen LogP contribution in [0.15, 0.2) is 12.1 Å². The number of aromatic nitrogens is 1. The summed E-state index contributed by atoms with van der Waals surface area (Å²) in [6.45, 7) is 0. The topological polar surface area (TPSA) is 152 Å². The van der Waals surface area contributed by atoms with Gasteiger partial charge >= 0.3 is 11.4 Å². The van der Waals surface area contributed by atoms with Gasteiger partial charge in [0.25, 0.3) is 5.75 Å². The SMILES string of the molecule is O=[N+]([O-])c1cc(F)c(-n2c(O)c3c(c2O)CCC=C3)c([N+](=O)[O-])c1O. The lowest BCUT2D eigenvalue weighted by Gasteiger charge is -2.10. The molecule has 1 aliphatic carbocycles. The van der Waals surface area contributed by atoms with E-state index < -0.39 is 50.2 Å². The van der Waals surface area contributed by atoms with Crippen molar-refractivity contribution in [1.29, 1.82) is 0 Å². The average Bonchev–Trinajstić information content (AvgIpc) is 2.80. The Kier molecular flexibility index (Phi) is 3.55. The second-order valence-electron chi connectivity index (χ2n) is 5.25. The molecule has 0 saturated heterocycles. The van der Waals surface area contributed by atoms with Crippen LogP contribution < -0.4 is 0 Å². The largest absolute Gasteiger partial charge is 0.497 e. The highest BCUT2D eigenvalue weighted by Crippen LogP contribution is 2.47. The molecule has 130 valence electrons. The molecule has 1 aromatic carbocycles. The van der Waals surface area contributed by atoms with E-state index in [1.165, 1.54) is 6.08 Å². The van der Waals surface area contributed by atoms with E-state index in [1.54, 1.807) is 6.08 Å². The number of nitro groups is 2. The fourth-order valence-corrected chi connectivity index (χ4v) is 2.80. The van der Waals surface area contributed by atoms with Crippen LogP contribution >= 0.6 is 0 Å². The summed E-state index contributed by atoms with van der Waals surface area (Å²) in [7, 11) is 0. The predicted molar refractivity (Wildman–Crippen MR) is 81.4 cm³/mol. The van der Waals surface area contributed by atoms with Gasteiger partial charge in [0.15, 0.2) is 11.5 Å². The molecule has 1 aromatic heterocycles. The minimum absolute atomic E-state index is 0.148. The third-order valence-corrected chi connectivity index (χ3v) is 3.89. The molecule has 0 amide bonds. The van der Waals surface area contributed by atoms with Gasteiger partial charge in [-0.3, -0.25) is 20.2 Å². The van der Waals surface area contributed by atoms with E-state index in [-0.39, 0.29) is 17.2 Å². The van der Waals surface area contributed by atoms with E-state index in [1.807, 2.05) is 0 Å². The summed E-state index contributed by atoms with van der Waals surface area (Å²) in [6.07, 6.45) is 3.97. The van der Waals surface area contributed by atoms with Crippen molar-refractivity contribution in [1.82, 2.24) is 4.57 Å². The lowest BCUT2D eigenvalue weighted by Crippen LogP contribution is -2.05. The minimum atomic E-state index is -1.46. The summed E-state index contributed by atoms with van der Waals surface area (Å²) in [5, 5.41) is 52.5. The van der Waals surface area contributed by atoms with Gasteiger partial charge in [-0.05, 0) is 12.8 Å². The van der Waals surface area contributed by atoms with Gasteiger partial charge in [-0.25, -0.2) is 8.96 Å². The molecule has 0 fully saturated rings. The van der Waals surface area contributed by atoms with Crippen LogP contribution in [0.2, 0.25) is 0 Å². The van der Waals surface area contributed by atoms with E-state index >= 15 is 0 Å². The van der Waals surface area contributed by atoms with Crippen LogP contribution in [0.3, 0.4) is 0 Å². The number of nitrogens with zero attached hydrogens (tertiary/aromatic N) is 3. The maximum Gasteiger partial charge on any atom is 0.345 e. The Morgan fingerprint density at radius 3 is 2.36 bits per heavy atom. The maximum absolute atomic E-state index is 14.4. The molecular weight excluding hydrogens is 341 g/mol. The molecule has 0 spiro atoms. The van der Waals surface area contributed by atoms with Crippen molar-refractivity contribution in [3.8, 4) is 23.2 Å². The molecule has 25 heavy (non-hydrogen) atoms. The average molecular weight is 351 g/mol. The Labute approximate surface area is 138 Å². The van der Waals surface area contributed by atoms with Crippen LogP contribution in [-0.4, -0.2) is 29.7 Å². The fourth-order valence-electron chi connectivity index (χ4n) is 2.80. The maximum atomic E-state index is 14.4. The van der Waals surface area contributed by atoms with Gasteiger partial charge in [-0.2, -0.15) is 0 Å². The fraction of sp³-hybridized carbons (Fsp3) is 0.143. The van der Waals surface area contributed by atoms with Crippen LogP contribution in [0.1, 0.15) is 17.5 Å². The van der Waals surface area contributed by atoms with E-state index in [2.05, 4.69) is 0 Å². The first kappa shape index (κ1) is 16.2. The smallest absolute Gasteiger partial charge is 0.345 e. The number of halogens is 1. The Morgan fingerprint density at radius 2 is 1.80 bits per heavy atom. The number of hydrogen-bond donors (Lipinski definition) is 3. The van der Waals surface area contributed by atoms with Crippen molar-refractivity contribution >= 4 is 17.5 Å². The number of benzene rings is 1. The van der Waals surface area contributed by atoms with Crippen molar-refractivity contribution in [2.24, 2.45) is 0 Å². The van der Waals surface area contributed by atoms with Crippen molar-refractivity contribution in [3.05, 3.63) is 49.3 Å². The molecule has 1 heterocycles. The number of aromatic hydroxyl groups is 3. The normalized spacial score (nSPS) is 12.8. The number of fused-ring (bicyclic) bond motifs is 1. The number of phenols is 1. The molecule has 10 nitrogen and oxygen atoms in total. The molecule has 0 aliphatic heterocycles. The van der Waals surface area contributed by atoms with Crippen LogP contribution in [0.5, 0.6) is 17.5 Å². The first-order chi connectivity index (χ1) is 11.8. The lowest BCUT2D eigenvalue weighted by atomic mass is 10.0. The van der Waals surface area contributed by atoms with Crippen LogP contribution in [0.25, 0.3) is 11.8 Å². The van der Waals surface area contributed by atoms with Gasteiger partial charge in [0.1, 0.15) is 0 Å². The molecule has 11 heteroatoms. The Balaban J connectivity index is 2.42. The third kappa shape index (κ3) is 2.24. The van der Waals surface area contributed by atoms with Gasteiger partial charge in [-0.1, -0.05) is 12.2 Å². The van der Waals surface area contributed by atoms with Crippen molar-refractivity contribution in [2.45, 2.75) is 12.8 Å². The first-order valence-electron chi connectivity index (χ1n) is 6.92. The summed E-state index contributed by atoms with van der Waals surface area (Å²) in [6, 6.07) is 0.283. The first-order valence-corrected chi connectivity index (χ1v) is 6.92. The lowest BCUT2D eigenvalue weighted by molar-refractivity contribution is -0.396. The number of rotatable bonds is 3. The van der Waals surface area contributed by atoms with Gasteiger partial charge in [0.05, 0.1) is 15.9 Å². The van der Waals surface area contributed by atoms with E-state index in [4.69, 9.17) is 0 Å². The third-order valence-electron chi connectivity index (χ3n) is 3.89. The standard InChI is InChI=1S/C14H10FN3O7/c15-8-5-9(17(22)23)12(19)11(18(24)25)10(8)16-13(20)6-3-1-2-4-7(6)14(16)21/h1,3,5,19-21H,2,4H2. The van der Waals surface area contributed by atoms with Gasteiger partial charge in [0, 0.05) is 11.1 Å². The molecule has 0 saturated carbocycles. The van der Waals surface area contributed by atoms with E-state index in [0.717, 1.165) is 0 Å². The number of nitro benzene ring substituents is 2. The monoisotopic (exact) mass is 351 g/mol. The van der Waals surface area contributed by atoms with Gasteiger partial charge in [0.2, 0.25) is 11.8 Å². The number of hydrogen-bond acceptors (Lipinski definition) is 7. The van der Waals surface area contributed by atoms with Crippen LogP contribution in [0, 0.1) is 26.0 Å². The molecule has 1 aliphatic rings. The summed E-state index contributed by atoms with van der Waals surface area (Å²) < 4.78 is 14.9. The zero-order chi connectivity index (χ0) is 18.5. The Morgan fingerprint density at radius 1 is 1.12 bits per heavy atom. The van der Waals surface area contributed by atoms with Crippen molar-refractivity contribution in [2.75, 3.05) is 0 Å². The Hall–Kier alpha value is -3.63. The van der Waals surface area contributed by atoms with E-state index in [9.17, 15) is 39.9 Å². The molecule has 3 rings (SSSR count). The highest BCUT2D eigenvalue weighted by Gasteiger charge is 2.37. The van der Waals surface area contributed by atoms with Gasteiger partial charge < -0.3 is 15.3 Å². The molecule has 0 bridgehead atoms. The van der Waals surface area contributed by atoms with Crippen molar-refractivity contribution in [3.63, 3.8) is 0 Å². The molecular formula is C14H10FN3O7.